The summed E-state index contributed by atoms with van der Waals surface area (Å²) in [4.78, 5) is 21.3. The highest BCUT2D eigenvalue weighted by atomic mass is 35.5. The van der Waals surface area contributed by atoms with E-state index in [1.807, 2.05) is 6.07 Å². The van der Waals surface area contributed by atoms with Gasteiger partial charge in [0.25, 0.3) is 5.91 Å². The van der Waals surface area contributed by atoms with Gasteiger partial charge in [-0.25, -0.2) is 14.5 Å². The topological polar surface area (TPSA) is 96.2 Å². The fraction of sp³-hybridized carbons (Fsp3) is 0.429. The van der Waals surface area contributed by atoms with Crippen LogP contribution < -0.4 is 16.0 Å². The van der Waals surface area contributed by atoms with Crippen LogP contribution in [0.1, 0.15) is 55.4 Å². The number of nitrogens with one attached hydrogen (secondary N) is 3. The van der Waals surface area contributed by atoms with E-state index in [0.717, 1.165) is 37.2 Å². The normalized spacial score (nSPS) is 17.1. The number of aromatic nitrogens is 4. The summed E-state index contributed by atoms with van der Waals surface area (Å²) in [5, 5.41) is 15.0. The predicted octanol–water partition coefficient (Wildman–Crippen LogP) is 4.35. The monoisotopic (exact) mass is 425 g/mol. The minimum absolute atomic E-state index is 0.301. The summed E-state index contributed by atoms with van der Waals surface area (Å²) in [7, 11) is 0. The van der Waals surface area contributed by atoms with E-state index in [2.05, 4.69) is 25.9 Å². The number of halogens is 1. The van der Waals surface area contributed by atoms with Crippen molar-refractivity contribution in [2.45, 2.75) is 57.0 Å². The number of fused-ring (bicyclic) bond motifs is 1. The third kappa shape index (κ3) is 4.18. The molecule has 3 aromatic heterocycles. The number of pyridine rings is 1. The molecule has 156 valence electrons. The third-order valence-electron chi connectivity index (χ3n) is 5.58. The first-order valence-corrected chi connectivity index (χ1v) is 10.9. The molecule has 0 spiro atoms. The average Bonchev–Trinajstić information content (AvgIpc) is 3.44. The molecule has 3 aromatic rings. The standard InChI is InChI=1S/C21H24ClN7O/c22-18-10-15(8-9-23-18)27-21(30)17-12-24-20-16(25-14-6-7-14)11-19(28-29(17)20)26-13-4-2-1-3-5-13/h8-14,25H,1-7H2,(H,26,28)(H,23,27,30). The van der Waals surface area contributed by atoms with Crippen molar-refractivity contribution in [2.75, 3.05) is 16.0 Å². The van der Waals surface area contributed by atoms with Crippen LogP contribution in [0.2, 0.25) is 5.15 Å². The Balaban J connectivity index is 1.47. The van der Waals surface area contributed by atoms with Gasteiger partial charge in [-0.2, -0.15) is 0 Å². The van der Waals surface area contributed by atoms with E-state index < -0.39 is 0 Å². The fourth-order valence-electron chi connectivity index (χ4n) is 3.88. The van der Waals surface area contributed by atoms with Gasteiger partial charge in [0.05, 0.1) is 11.9 Å². The maximum Gasteiger partial charge on any atom is 0.276 e. The van der Waals surface area contributed by atoms with Crippen LogP contribution in [0.3, 0.4) is 0 Å². The van der Waals surface area contributed by atoms with Gasteiger partial charge in [-0.15, -0.1) is 5.10 Å². The zero-order valence-electron chi connectivity index (χ0n) is 16.6. The number of hydrogen-bond donors (Lipinski definition) is 3. The van der Waals surface area contributed by atoms with E-state index in [1.165, 1.54) is 19.3 Å². The molecule has 2 aliphatic carbocycles. The Labute approximate surface area is 179 Å². The molecular weight excluding hydrogens is 402 g/mol. The van der Waals surface area contributed by atoms with Gasteiger partial charge in [-0.3, -0.25) is 4.79 Å². The van der Waals surface area contributed by atoms with Crippen molar-refractivity contribution in [1.29, 1.82) is 0 Å². The van der Waals surface area contributed by atoms with E-state index in [0.29, 0.717) is 34.3 Å². The fourth-order valence-corrected chi connectivity index (χ4v) is 4.05. The number of carbonyl (C=O) groups is 1. The summed E-state index contributed by atoms with van der Waals surface area (Å²) in [6.07, 6.45) is 11.5. The van der Waals surface area contributed by atoms with Crippen LogP contribution in [0.25, 0.3) is 5.65 Å². The molecular formula is C21H24ClN7O. The number of imidazole rings is 1. The molecule has 3 N–H and O–H groups in total. The summed E-state index contributed by atoms with van der Waals surface area (Å²) < 4.78 is 1.62. The maximum atomic E-state index is 12.9. The molecule has 0 aliphatic heterocycles. The second-order valence-electron chi connectivity index (χ2n) is 8.04. The largest absolute Gasteiger partial charge is 0.379 e. The van der Waals surface area contributed by atoms with Crippen LogP contribution in [0.4, 0.5) is 17.2 Å². The molecule has 2 fully saturated rings. The number of hydrogen-bond acceptors (Lipinski definition) is 6. The van der Waals surface area contributed by atoms with E-state index >= 15 is 0 Å². The molecule has 2 aliphatic rings. The number of anilines is 3. The molecule has 30 heavy (non-hydrogen) atoms. The lowest BCUT2D eigenvalue weighted by molar-refractivity contribution is 0.102. The average molecular weight is 426 g/mol. The Morgan fingerprint density at radius 1 is 1.03 bits per heavy atom. The van der Waals surface area contributed by atoms with E-state index in [4.69, 9.17) is 16.7 Å². The lowest BCUT2D eigenvalue weighted by atomic mass is 9.95. The van der Waals surface area contributed by atoms with Crippen molar-refractivity contribution in [2.24, 2.45) is 0 Å². The lowest BCUT2D eigenvalue weighted by Crippen LogP contribution is -2.24. The molecule has 2 saturated carbocycles. The minimum Gasteiger partial charge on any atom is -0.379 e. The zero-order chi connectivity index (χ0) is 20.5. The van der Waals surface area contributed by atoms with Gasteiger partial charge in [0.2, 0.25) is 0 Å². The molecule has 0 bridgehead atoms. The Bertz CT molecular complexity index is 1070. The Kier molecular flexibility index (Phi) is 5.16. The zero-order valence-corrected chi connectivity index (χ0v) is 17.3. The van der Waals surface area contributed by atoms with Crippen molar-refractivity contribution in [3.8, 4) is 0 Å². The van der Waals surface area contributed by atoms with Crippen LogP contribution in [0.5, 0.6) is 0 Å². The smallest absolute Gasteiger partial charge is 0.276 e. The van der Waals surface area contributed by atoms with Gasteiger partial charge in [0.1, 0.15) is 11.0 Å². The summed E-state index contributed by atoms with van der Waals surface area (Å²) in [6, 6.07) is 6.19. The second kappa shape index (κ2) is 8.10. The van der Waals surface area contributed by atoms with Gasteiger partial charge >= 0.3 is 0 Å². The molecule has 0 saturated heterocycles. The third-order valence-corrected chi connectivity index (χ3v) is 5.79. The van der Waals surface area contributed by atoms with Crippen molar-refractivity contribution in [3.05, 3.63) is 41.4 Å². The second-order valence-corrected chi connectivity index (χ2v) is 8.43. The first kappa shape index (κ1) is 19.1. The van der Waals surface area contributed by atoms with Gasteiger partial charge in [-0.1, -0.05) is 30.9 Å². The predicted molar refractivity (Wildman–Crippen MR) is 117 cm³/mol. The molecule has 0 unspecified atom stereocenters. The molecule has 8 nitrogen and oxygen atoms in total. The van der Waals surface area contributed by atoms with E-state index in [1.54, 1.807) is 29.0 Å². The van der Waals surface area contributed by atoms with Crippen molar-refractivity contribution in [3.63, 3.8) is 0 Å². The quantitative estimate of drug-likeness (QED) is 0.508. The van der Waals surface area contributed by atoms with Gasteiger partial charge in [-0.05, 0) is 37.8 Å². The van der Waals surface area contributed by atoms with Crippen molar-refractivity contribution >= 4 is 40.3 Å². The SMILES string of the molecule is O=C(Nc1ccnc(Cl)c1)c1cnc2c(NC3CC3)cc(NC3CCCCC3)nn12. The van der Waals surface area contributed by atoms with Crippen LogP contribution >= 0.6 is 11.6 Å². The van der Waals surface area contributed by atoms with E-state index in [-0.39, 0.29) is 5.91 Å². The number of carbonyl (C=O) groups excluding carboxylic acids is 1. The number of nitrogens with zero attached hydrogens (tertiary/aromatic N) is 4. The highest BCUT2D eigenvalue weighted by Crippen LogP contribution is 2.29. The van der Waals surface area contributed by atoms with Crippen LogP contribution in [-0.2, 0) is 0 Å². The highest BCUT2D eigenvalue weighted by Gasteiger charge is 2.25. The van der Waals surface area contributed by atoms with Crippen molar-refractivity contribution in [1.82, 2.24) is 19.6 Å². The molecule has 0 radical (unpaired) electrons. The summed E-state index contributed by atoms with van der Waals surface area (Å²) >= 11 is 5.93. The lowest BCUT2D eigenvalue weighted by Gasteiger charge is -2.23. The van der Waals surface area contributed by atoms with Gasteiger partial charge < -0.3 is 16.0 Å². The molecule has 3 heterocycles. The Morgan fingerprint density at radius 3 is 2.60 bits per heavy atom. The van der Waals surface area contributed by atoms with Crippen LogP contribution in [0.15, 0.2) is 30.6 Å². The Hall–Kier alpha value is -2.87. The Morgan fingerprint density at radius 2 is 1.83 bits per heavy atom. The highest BCUT2D eigenvalue weighted by molar-refractivity contribution is 6.29. The summed E-state index contributed by atoms with van der Waals surface area (Å²) in [6.45, 7) is 0. The molecule has 1 amide bonds. The molecule has 5 rings (SSSR count). The number of amides is 1. The van der Waals surface area contributed by atoms with Crippen molar-refractivity contribution < 1.29 is 4.79 Å². The summed E-state index contributed by atoms with van der Waals surface area (Å²) in [5.41, 5.74) is 2.48. The first-order valence-electron chi connectivity index (χ1n) is 10.5. The van der Waals surface area contributed by atoms with Crippen LogP contribution in [-0.4, -0.2) is 37.6 Å². The number of rotatable bonds is 6. The molecule has 0 atom stereocenters. The minimum atomic E-state index is -0.301. The summed E-state index contributed by atoms with van der Waals surface area (Å²) in [5.74, 6) is 0.459. The van der Waals surface area contributed by atoms with Crippen LogP contribution in [0, 0.1) is 0 Å². The van der Waals surface area contributed by atoms with E-state index in [9.17, 15) is 4.79 Å². The first-order chi connectivity index (χ1) is 14.7. The molecule has 0 aromatic carbocycles. The van der Waals surface area contributed by atoms with Gasteiger partial charge in [0.15, 0.2) is 11.3 Å². The maximum absolute atomic E-state index is 12.9. The van der Waals surface area contributed by atoms with Gasteiger partial charge in [0, 0.05) is 30.0 Å². The molecule has 9 heteroatoms.